The average Bonchev–Trinajstić information content (AvgIpc) is 3.18. The van der Waals surface area contributed by atoms with Crippen LogP contribution in [-0.2, 0) is 0 Å². The number of benzene rings is 1. The van der Waals surface area contributed by atoms with Crippen LogP contribution in [0.1, 0.15) is 43.5 Å². The van der Waals surface area contributed by atoms with E-state index in [4.69, 9.17) is 9.26 Å². The van der Waals surface area contributed by atoms with Gasteiger partial charge in [0.25, 0.3) is 5.89 Å². The van der Waals surface area contributed by atoms with Crippen molar-refractivity contribution < 1.29 is 18.4 Å². The van der Waals surface area contributed by atoms with E-state index in [1.807, 2.05) is 13.8 Å². The highest BCUT2D eigenvalue weighted by Crippen LogP contribution is 2.39. The number of fused-ring (bicyclic) bond motifs is 1. The number of ketones is 1. The van der Waals surface area contributed by atoms with E-state index in [0.717, 1.165) is 19.0 Å². The number of hydrogen-bond donors (Lipinski definition) is 0. The van der Waals surface area contributed by atoms with Gasteiger partial charge in [0, 0.05) is 11.8 Å². The van der Waals surface area contributed by atoms with Gasteiger partial charge < -0.3 is 9.26 Å². The van der Waals surface area contributed by atoms with Gasteiger partial charge in [-0.15, -0.1) is 0 Å². The Morgan fingerprint density at radius 1 is 1.19 bits per heavy atom. The molecular formula is C20H18FN3O3. The maximum atomic E-state index is 13.9. The zero-order valence-corrected chi connectivity index (χ0v) is 15.0. The Morgan fingerprint density at radius 3 is 2.74 bits per heavy atom. The lowest BCUT2D eigenvalue weighted by molar-refractivity contribution is 0.0350. The van der Waals surface area contributed by atoms with E-state index in [1.165, 1.54) is 12.3 Å². The third kappa shape index (κ3) is 2.99. The first-order chi connectivity index (χ1) is 13.0. The Bertz CT molecular complexity index is 1010. The largest absolute Gasteiger partial charge is 0.486 e. The zero-order chi connectivity index (χ0) is 19.0. The highest BCUT2D eigenvalue weighted by atomic mass is 19.1. The summed E-state index contributed by atoms with van der Waals surface area (Å²) in [5.41, 5.74) is 0.842. The monoisotopic (exact) mass is 367 g/mol. The molecule has 3 aromatic rings. The van der Waals surface area contributed by atoms with Gasteiger partial charge in [-0.3, -0.25) is 9.78 Å². The molecule has 0 spiro atoms. The van der Waals surface area contributed by atoms with Crippen LogP contribution in [0.15, 0.2) is 41.2 Å². The number of nitrogens with zero attached hydrogens (tertiary/aromatic N) is 3. The van der Waals surface area contributed by atoms with Gasteiger partial charge in [0.05, 0.1) is 23.7 Å². The number of halogens is 1. The summed E-state index contributed by atoms with van der Waals surface area (Å²) in [5, 5.41) is 3.83. The van der Waals surface area contributed by atoms with Crippen LogP contribution in [0.5, 0.6) is 5.75 Å². The van der Waals surface area contributed by atoms with Gasteiger partial charge in [-0.1, -0.05) is 19.0 Å². The quantitative estimate of drug-likeness (QED) is 0.677. The highest BCUT2D eigenvalue weighted by Gasteiger charge is 2.37. The maximum absolute atomic E-state index is 13.9. The van der Waals surface area contributed by atoms with Gasteiger partial charge in [0.1, 0.15) is 11.4 Å². The topological polar surface area (TPSA) is 78.1 Å². The van der Waals surface area contributed by atoms with E-state index in [9.17, 15) is 9.18 Å². The van der Waals surface area contributed by atoms with Crippen LogP contribution in [0.25, 0.3) is 22.8 Å². The van der Waals surface area contributed by atoms with Gasteiger partial charge in [0.15, 0.2) is 11.6 Å². The van der Waals surface area contributed by atoms with Gasteiger partial charge in [-0.25, -0.2) is 4.39 Å². The van der Waals surface area contributed by atoms with E-state index >= 15 is 0 Å². The highest BCUT2D eigenvalue weighted by molar-refractivity contribution is 6.01. The summed E-state index contributed by atoms with van der Waals surface area (Å²) in [6.07, 6.45) is 4.42. The smallest absolute Gasteiger partial charge is 0.258 e. The Labute approximate surface area is 155 Å². The van der Waals surface area contributed by atoms with Crippen molar-refractivity contribution in [3.63, 3.8) is 0 Å². The lowest BCUT2D eigenvalue weighted by atomic mass is 9.85. The third-order valence-corrected chi connectivity index (χ3v) is 5.06. The number of Topliss-reactive ketones (excluding diaryl/α,β-unsaturated/α-hetero) is 1. The number of ether oxygens (including phenoxy) is 1. The summed E-state index contributed by atoms with van der Waals surface area (Å²) >= 11 is 0. The van der Waals surface area contributed by atoms with Crippen molar-refractivity contribution in [1.82, 2.24) is 15.1 Å². The molecule has 4 rings (SSSR count). The van der Waals surface area contributed by atoms with Crippen molar-refractivity contribution >= 4 is 5.78 Å². The van der Waals surface area contributed by atoms with Gasteiger partial charge >= 0.3 is 0 Å². The molecule has 0 bridgehead atoms. The van der Waals surface area contributed by atoms with Crippen LogP contribution < -0.4 is 4.74 Å². The fourth-order valence-corrected chi connectivity index (χ4v) is 3.28. The molecule has 0 amide bonds. The van der Waals surface area contributed by atoms with Crippen LogP contribution in [0.2, 0.25) is 0 Å². The summed E-state index contributed by atoms with van der Waals surface area (Å²) in [7, 11) is 0. The van der Waals surface area contributed by atoms with Crippen molar-refractivity contribution in [2.75, 3.05) is 0 Å². The fourth-order valence-electron chi connectivity index (χ4n) is 3.28. The normalized spacial score (nSPS) is 15.3. The molecule has 1 aromatic carbocycles. The first-order valence-corrected chi connectivity index (χ1v) is 8.85. The van der Waals surface area contributed by atoms with Crippen LogP contribution in [0.3, 0.4) is 0 Å². The van der Waals surface area contributed by atoms with Crippen molar-refractivity contribution in [2.24, 2.45) is 0 Å². The van der Waals surface area contributed by atoms with E-state index in [-0.39, 0.29) is 23.1 Å². The van der Waals surface area contributed by atoms with E-state index in [1.54, 1.807) is 18.2 Å². The van der Waals surface area contributed by atoms with E-state index < -0.39 is 11.4 Å². The fraction of sp³-hybridized carbons (Fsp3) is 0.300. The van der Waals surface area contributed by atoms with Crippen molar-refractivity contribution in [3.05, 3.63) is 48.0 Å². The second kappa shape index (κ2) is 6.57. The molecule has 0 saturated heterocycles. The van der Waals surface area contributed by atoms with E-state index in [2.05, 4.69) is 15.1 Å². The first-order valence-electron chi connectivity index (χ1n) is 8.85. The Morgan fingerprint density at radius 2 is 2.00 bits per heavy atom. The maximum Gasteiger partial charge on any atom is 0.258 e. The molecule has 0 N–H and O–H groups in total. The number of carbonyl (C=O) groups excluding carboxylic acids is 1. The first kappa shape index (κ1) is 17.3. The second-order valence-electron chi connectivity index (χ2n) is 6.58. The van der Waals surface area contributed by atoms with Crippen LogP contribution in [0, 0.1) is 5.82 Å². The van der Waals surface area contributed by atoms with Crippen molar-refractivity contribution in [3.8, 4) is 28.6 Å². The molecule has 2 aromatic heterocycles. The van der Waals surface area contributed by atoms with Crippen LogP contribution >= 0.6 is 0 Å². The lowest BCUT2D eigenvalue weighted by Gasteiger charge is -2.36. The second-order valence-corrected chi connectivity index (χ2v) is 6.58. The number of rotatable bonds is 4. The number of carbonyl (C=O) groups is 1. The minimum Gasteiger partial charge on any atom is -0.486 e. The predicted molar refractivity (Wildman–Crippen MR) is 95.8 cm³/mol. The van der Waals surface area contributed by atoms with Gasteiger partial charge in [-0.05, 0) is 37.1 Å². The molecular weight excluding hydrogens is 349 g/mol. The lowest BCUT2D eigenvalue weighted by Crippen LogP contribution is -2.40. The molecule has 1 aliphatic heterocycles. The molecule has 1 aliphatic rings. The summed E-state index contributed by atoms with van der Waals surface area (Å²) in [6.45, 7) is 4.04. The molecule has 6 nitrogen and oxygen atoms in total. The molecule has 0 saturated carbocycles. The summed E-state index contributed by atoms with van der Waals surface area (Å²) in [6, 6.07) is 6.67. The molecule has 138 valence electrons. The zero-order valence-electron chi connectivity index (χ0n) is 15.0. The van der Waals surface area contributed by atoms with Crippen LogP contribution in [-0.4, -0.2) is 26.5 Å². The van der Waals surface area contributed by atoms with Crippen molar-refractivity contribution in [2.45, 2.75) is 38.7 Å². The van der Waals surface area contributed by atoms with Crippen LogP contribution in [0.4, 0.5) is 4.39 Å². The molecule has 27 heavy (non-hydrogen) atoms. The Balaban J connectivity index is 1.69. The molecule has 0 aliphatic carbocycles. The summed E-state index contributed by atoms with van der Waals surface area (Å²) in [4.78, 5) is 20.6. The molecule has 7 heteroatoms. The summed E-state index contributed by atoms with van der Waals surface area (Å²) in [5.74, 6) is 0.399. The van der Waals surface area contributed by atoms with Gasteiger partial charge in [-0.2, -0.15) is 4.98 Å². The summed E-state index contributed by atoms with van der Waals surface area (Å²) < 4.78 is 25.3. The molecule has 0 fully saturated rings. The average molecular weight is 367 g/mol. The number of pyridine rings is 1. The molecule has 0 atom stereocenters. The number of aromatic nitrogens is 3. The van der Waals surface area contributed by atoms with Gasteiger partial charge in [0.2, 0.25) is 5.82 Å². The Hall–Kier alpha value is -3.09. The molecule has 3 heterocycles. The van der Waals surface area contributed by atoms with Crippen molar-refractivity contribution in [1.29, 1.82) is 0 Å². The predicted octanol–water partition coefficient (Wildman–Crippen LogP) is 4.46. The molecule has 0 unspecified atom stereocenters. The minimum absolute atomic E-state index is 0.0294. The Kier molecular flexibility index (Phi) is 4.22. The molecule has 0 radical (unpaired) electrons. The standard InChI is InChI=1S/C20H18FN3O3/c1-3-20(4-2)10-16(25)14-9-12(5-6-17(14)26-20)19-23-18(24-27-19)13-7-8-22-11-15(13)21/h5-9,11H,3-4,10H2,1-2H3. The van der Waals surface area contributed by atoms with E-state index in [0.29, 0.717) is 23.3 Å². The third-order valence-electron chi connectivity index (χ3n) is 5.06. The minimum atomic E-state index is -0.533. The SMILES string of the molecule is CCC1(CC)CC(=O)c2cc(-c3nc(-c4ccncc4F)no3)ccc2O1. The number of hydrogen-bond acceptors (Lipinski definition) is 6.